The van der Waals surface area contributed by atoms with Gasteiger partial charge in [-0.25, -0.2) is 9.50 Å². The Bertz CT molecular complexity index is 933. The summed E-state index contributed by atoms with van der Waals surface area (Å²) in [7, 11) is 0. The van der Waals surface area contributed by atoms with Crippen molar-refractivity contribution in [1.82, 2.24) is 29.2 Å². The largest absolute Gasteiger partial charge is 0.282 e. The molecule has 0 aliphatic rings. The lowest BCUT2D eigenvalue weighted by molar-refractivity contribution is 0.886. The third-order valence-electron chi connectivity index (χ3n) is 3.33. The number of nitrogens with zero attached hydrogens (tertiary/aromatic N) is 6. The van der Waals surface area contributed by atoms with Crippen molar-refractivity contribution in [3.8, 4) is 11.4 Å². The third-order valence-corrected chi connectivity index (χ3v) is 3.33. The number of aromatic nitrogens is 6. The van der Waals surface area contributed by atoms with Gasteiger partial charge in [-0.15, -0.1) is 10.2 Å². The van der Waals surface area contributed by atoms with Crippen LogP contribution in [0.2, 0.25) is 0 Å². The Morgan fingerprint density at radius 3 is 2.90 bits per heavy atom. The topological polar surface area (TPSA) is 60.4 Å². The van der Waals surface area contributed by atoms with Gasteiger partial charge in [0.05, 0.1) is 11.8 Å². The highest BCUT2D eigenvalue weighted by Gasteiger charge is 2.15. The molecule has 4 rings (SSSR count). The van der Waals surface area contributed by atoms with E-state index in [-0.39, 0.29) is 0 Å². The van der Waals surface area contributed by atoms with E-state index < -0.39 is 0 Å². The summed E-state index contributed by atoms with van der Waals surface area (Å²) < 4.78 is 3.77. The van der Waals surface area contributed by atoms with Crippen molar-refractivity contribution in [2.45, 2.75) is 13.8 Å². The molecule has 0 saturated carbocycles. The second-order valence-electron chi connectivity index (χ2n) is 4.79. The van der Waals surface area contributed by atoms with Crippen LogP contribution in [-0.2, 0) is 0 Å². The lowest BCUT2D eigenvalue weighted by Crippen LogP contribution is -1.98. The van der Waals surface area contributed by atoms with E-state index in [4.69, 9.17) is 0 Å². The van der Waals surface area contributed by atoms with Crippen molar-refractivity contribution >= 4 is 11.3 Å². The standard InChI is InChI=1S/C14H12N6/c1-9-7-10(2)20-13(16-9)11(8-15-20)14-18-17-12-5-3-4-6-19(12)14/h3-8H,1-2H3. The number of hydrogen-bond acceptors (Lipinski definition) is 4. The Kier molecular flexibility index (Phi) is 2.14. The molecule has 0 bridgehead atoms. The van der Waals surface area contributed by atoms with E-state index in [1.54, 1.807) is 6.20 Å². The molecule has 0 spiro atoms. The van der Waals surface area contributed by atoms with Gasteiger partial charge < -0.3 is 0 Å². The van der Waals surface area contributed by atoms with Gasteiger partial charge in [0.2, 0.25) is 0 Å². The van der Waals surface area contributed by atoms with Crippen LogP contribution in [0.5, 0.6) is 0 Å². The van der Waals surface area contributed by atoms with Crippen LogP contribution in [0, 0.1) is 13.8 Å². The summed E-state index contributed by atoms with van der Waals surface area (Å²) in [5.74, 6) is 0.758. The predicted molar refractivity (Wildman–Crippen MR) is 74.4 cm³/mol. The van der Waals surface area contributed by atoms with Crippen molar-refractivity contribution in [1.29, 1.82) is 0 Å². The molecule has 4 aromatic heterocycles. The number of pyridine rings is 1. The van der Waals surface area contributed by atoms with Gasteiger partial charge in [-0.05, 0) is 32.0 Å². The van der Waals surface area contributed by atoms with Crippen molar-refractivity contribution in [3.05, 3.63) is 48.0 Å². The van der Waals surface area contributed by atoms with Crippen molar-refractivity contribution < 1.29 is 0 Å². The molecule has 0 amide bonds. The highest BCUT2D eigenvalue weighted by molar-refractivity contribution is 5.74. The summed E-state index contributed by atoms with van der Waals surface area (Å²) in [4.78, 5) is 4.58. The van der Waals surface area contributed by atoms with E-state index in [2.05, 4.69) is 20.3 Å². The maximum absolute atomic E-state index is 4.58. The van der Waals surface area contributed by atoms with Gasteiger partial charge in [0.15, 0.2) is 17.1 Å². The zero-order valence-electron chi connectivity index (χ0n) is 11.1. The van der Waals surface area contributed by atoms with Crippen LogP contribution in [0.3, 0.4) is 0 Å². The number of aryl methyl sites for hydroxylation is 2. The van der Waals surface area contributed by atoms with Gasteiger partial charge >= 0.3 is 0 Å². The first-order valence-corrected chi connectivity index (χ1v) is 6.36. The zero-order chi connectivity index (χ0) is 13.7. The summed E-state index contributed by atoms with van der Waals surface area (Å²) in [6.07, 6.45) is 3.73. The van der Waals surface area contributed by atoms with E-state index in [1.165, 1.54) is 0 Å². The molecule has 0 aliphatic carbocycles. The Morgan fingerprint density at radius 2 is 2.00 bits per heavy atom. The maximum Gasteiger partial charge on any atom is 0.173 e. The van der Waals surface area contributed by atoms with Crippen LogP contribution in [0.1, 0.15) is 11.4 Å². The molecule has 0 aliphatic heterocycles. The van der Waals surface area contributed by atoms with E-state index >= 15 is 0 Å². The quantitative estimate of drug-likeness (QED) is 0.528. The van der Waals surface area contributed by atoms with Gasteiger partial charge in [0, 0.05) is 17.6 Å². The first-order valence-electron chi connectivity index (χ1n) is 6.36. The number of rotatable bonds is 1. The zero-order valence-corrected chi connectivity index (χ0v) is 11.1. The van der Waals surface area contributed by atoms with Crippen LogP contribution in [0.15, 0.2) is 36.7 Å². The average Bonchev–Trinajstić information content (AvgIpc) is 3.02. The summed E-state index contributed by atoms with van der Waals surface area (Å²) >= 11 is 0. The molecule has 6 nitrogen and oxygen atoms in total. The molecule has 0 saturated heterocycles. The molecule has 6 heteroatoms. The molecule has 0 aromatic carbocycles. The van der Waals surface area contributed by atoms with Gasteiger partial charge in [0.1, 0.15) is 0 Å². The van der Waals surface area contributed by atoms with Gasteiger partial charge in [-0.2, -0.15) is 5.10 Å². The normalized spacial score (nSPS) is 11.5. The third kappa shape index (κ3) is 1.45. The first kappa shape index (κ1) is 11.1. The Hall–Kier alpha value is -2.76. The van der Waals surface area contributed by atoms with E-state index in [1.807, 2.05) is 53.2 Å². The Morgan fingerprint density at radius 1 is 1.10 bits per heavy atom. The Balaban J connectivity index is 2.08. The van der Waals surface area contributed by atoms with Crippen LogP contribution in [0.25, 0.3) is 22.7 Å². The first-order chi connectivity index (χ1) is 9.74. The van der Waals surface area contributed by atoms with Crippen molar-refractivity contribution in [3.63, 3.8) is 0 Å². The lowest BCUT2D eigenvalue weighted by atomic mass is 10.3. The molecule has 0 N–H and O–H groups in total. The molecule has 98 valence electrons. The van der Waals surface area contributed by atoms with Crippen LogP contribution < -0.4 is 0 Å². The molecule has 0 radical (unpaired) electrons. The predicted octanol–water partition coefficient (Wildman–Crippen LogP) is 2.06. The fourth-order valence-electron chi connectivity index (χ4n) is 2.45. The summed E-state index contributed by atoms with van der Waals surface area (Å²) in [6.45, 7) is 3.99. The van der Waals surface area contributed by atoms with Crippen LogP contribution in [-0.4, -0.2) is 29.2 Å². The van der Waals surface area contributed by atoms with Crippen molar-refractivity contribution in [2.24, 2.45) is 0 Å². The summed E-state index contributed by atoms with van der Waals surface area (Å²) in [5, 5.41) is 12.8. The summed E-state index contributed by atoms with van der Waals surface area (Å²) in [6, 6.07) is 7.82. The number of fused-ring (bicyclic) bond motifs is 2. The van der Waals surface area contributed by atoms with Gasteiger partial charge in [-0.3, -0.25) is 4.40 Å². The minimum Gasteiger partial charge on any atom is -0.282 e. The highest BCUT2D eigenvalue weighted by atomic mass is 15.3. The van der Waals surface area contributed by atoms with E-state index in [0.717, 1.165) is 34.1 Å². The van der Waals surface area contributed by atoms with E-state index in [0.29, 0.717) is 0 Å². The highest BCUT2D eigenvalue weighted by Crippen LogP contribution is 2.23. The summed E-state index contributed by atoms with van der Waals surface area (Å²) in [5.41, 5.74) is 4.51. The molecule has 4 heterocycles. The minimum atomic E-state index is 0.758. The van der Waals surface area contributed by atoms with Gasteiger partial charge in [0.25, 0.3) is 0 Å². The molecule has 0 atom stereocenters. The van der Waals surface area contributed by atoms with E-state index in [9.17, 15) is 0 Å². The molecule has 0 fully saturated rings. The maximum atomic E-state index is 4.58. The minimum absolute atomic E-state index is 0.758. The average molecular weight is 264 g/mol. The molecular formula is C14H12N6. The van der Waals surface area contributed by atoms with Gasteiger partial charge in [-0.1, -0.05) is 6.07 Å². The monoisotopic (exact) mass is 264 g/mol. The van der Waals surface area contributed by atoms with Crippen LogP contribution >= 0.6 is 0 Å². The Labute approximate surface area is 114 Å². The fraction of sp³-hybridized carbons (Fsp3) is 0.143. The molecule has 4 aromatic rings. The van der Waals surface area contributed by atoms with Crippen molar-refractivity contribution in [2.75, 3.05) is 0 Å². The second kappa shape index (κ2) is 3.86. The molecular weight excluding hydrogens is 252 g/mol. The fourth-order valence-corrected chi connectivity index (χ4v) is 2.45. The molecule has 20 heavy (non-hydrogen) atoms. The number of hydrogen-bond donors (Lipinski definition) is 0. The smallest absolute Gasteiger partial charge is 0.173 e. The molecule has 0 unspecified atom stereocenters. The second-order valence-corrected chi connectivity index (χ2v) is 4.79. The van der Waals surface area contributed by atoms with Crippen LogP contribution in [0.4, 0.5) is 0 Å². The lowest BCUT2D eigenvalue weighted by Gasteiger charge is -2.02. The SMILES string of the molecule is Cc1cc(C)n2ncc(-c3nnc4ccccn34)c2n1.